The third kappa shape index (κ3) is 4.69. The van der Waals surface area contributed by atoms with E-state index in [0.29, 0.717) is 5.92 Å². The Hall–Kier alpha value is -0.503. The molecule has 2 heteroatoms. The summed E-state index contributed by atoms with van der Waals surface area (Å²) in [5.41, 5.74) is 1.32. The van der Waals surface area contributed by atoms with Crippen molar-refractivity contribution in [1.29, 1.82) is 0 Å². The summed E-state index contributed by atoms with van der Waals surface area (Å²) in [7, 11) is -1.42. The number of allylic oxidation sites excluding steroid dienone is 2. The zero-order valence-corrected chi connectivity index (χ0v) is 11.4. The lowest BCUT2D eigenvalue weighted by Crippen LogP contribution is -2.22. The fourth-order valence-electron chi connectivity index (χ4n) is 1.99. The molecule has 0 aromatic carbocycles. The van der Waals surface area contributed by atoms with Gasteiger partial charge in [0.2, 0.25) is 8.32 Å². The minimum atomic E-state index is -1.42. The van der Waals surface area contributed by atoms with Crippen LogP contribution in [0.3, 0.4) is 0 Å². The van der Waals surface area contributed by atoms with Gasteiger partial charge < -0.3 is 4.43 Å². The Kier molecular flexibility index (Phi) is 4.65. The first-order valence-corrected chi connectivity index (χ1v) is 9.44. The Morgan fingerprint density at radius 3 is 2.27 bits per heavy atom. The molecule has 1 nitrogen and oxygen atoms in total. The van der Waals surface area contributed by atoms with Crippen LogP contribution < -0.4 is 0 Å². The lowest BCUT2D eigenvalue weighted by Gasteiger charge is -2.24. The van der Waals surface area contributed by atoms with E-state index in [4.69, 9.17) is 4.43 Å². The maximum atomic E-state index is 5.84. The summed E-state index contributed by atoms with van der Waals surface area (Å²) < 4.78 is 5.84. The van der Waals surface area contributed by atoms with E-state index in [1.54, 1.807) is 0 Å². The SMILES string of the molecule is C=CC(=CO[Si](C)(C)C)C1CCCCC1. The second-order valence-electron chi connectivity index (χ2n) is 5.39. The Bertz CT molecular complexity index is 231. The zero-order valence-electron chi connectivity index (χ0n) is 10.4. The second-order valence-corrected chi connectivity index (χ2v) is 9.85. The second kappa shape index (κ2) is 5.55. The van der Waals surface area contributed by atoms with Crippen molar-refractivity contribution >= 4 is 8.32 Å². The van der Waals surface area contributed by atoms with Crippen LogP contribution in [0, 0.1) is 5.92 Å². The molecule has 0 N–H and O–H groups in total. The molecule has 0 amide bonds. The average Bonchev–Trinajstić information content (AvgIpc) is 2.19. The van der Waals surface area contributed by atoms with Crippen molar-refractivity contribution in [3.63, 3.8) is 0 Å². The highest BCUT2D eigenvalue weighted by Gasteiger charge is 2.18. The van der Waals surface area contributed by atoms with E-state index in [9.17, 15) is 0 Å². The standard InChI is InChI=1S/C13H24OSi/c1-5-12(11-14-15(2,3)4)13-9-7-6-8-10-13/h5,11,13H,1,6-10H2,2-4H3. The van der Waals surface area contributed by atoms with Crippen LogP contribution in [0.1, 0.15) is 32.1 Å². The van der Waals surface area contributed by atoms with E-state index in [-0.39, 0.29) is 0 Å². The molecule has 0 atom stereocenters. The Balaban J connectivity index is 2.57. The van der Waals surface area contributed by atoms with Crippen molar-refractivity contribution < 1.29 is 4.43 Å². The molecule has 0 aliphatic heterocycles. The summed E-state index contributed by atoms with van der Waals surface area (Å²) in [6.45, 7) is 10.5. The van der Waals surface area contributed by atoms with Gasteiger partial charge in [-0.05, 0) is 44.0 Å². The summed E-state index contributed by atoms with van der Waals surface area (Å²) in [4.78, 5) is 0. The Morgan fingerprint density at radius 2 is 1.80 bits per heavy atom. The van der Waals surface area contributed by atoms with Crippen LogP contribution in [-0.2, 0) is 4.43 Å². The zero-order chi connectivity index (χ0) is 11.3. The van der Waals surface area contributed by atoms with Gasteiger partial charge in [0.1, 0.15) is 0 Å². The molecule has 1 fully saturated rings. The molecule has 0 bridgehead atoms. The summed E-state index contributed by atoms with van der Waals surface area (Å²) in [6, 6.07) is 0. The molecule has 0 heterocycles. The Labute approximate surface area is 95.4 Å². The molecule has 0 aromatic rings. The van der Waals surface area contributed by atoms with Crippen LogP contribution in [0.5, 0.6) is 0 Å². The smallest absolute Gasteiger partial charge is 0.241 e. The highest BCUT2D eigenvalue weighted by Crippen LogP contribution is 2.30. The van der Waals surface area contributed by atoms with Gasteiger partial charge in [-0.25, -0.2) is 0 Å². The summed E-state index contributed by atoms with van der Waals surface area (Å²) in [5.74, 6) is 0.701. The highest BCUT2D eigenvalue weighted by molar-refractivity contribution is 6.69. The molecule has 0 unspecified atom stereocenters. The van der Waals surface area contributed by atoms with Gasteiger partial charge in [0.25, 0.3) is 0 Å². The molecular formula is C13H24OSi. The largest absolute Gasteiger partial charge is 0.549 e. The lowest BCUT2D eigenvalue weighted by molar-refractivity contribution is 0.391. The van der Waals surface area contributed by atoms with Gasteiger partial charge in [0.15, 0.2) is 0 Å². The van der Waals surface area contributed by atoms with Gasteiger partial charge in [0, 0.05) is 0 Å². The molecule has 1 aliphatic carbocycles. The Morgan fingerprint density at radius 1 is 1.20 bits per heavy atom. The van der Waals surface area contributed by atoms with Crippen molar-refractivity contribution in [1.82, 2.24) is 0 Å². The maximum absolute atomic E-state index is 5.84. The maximum Gasteiger partial charge on any atom is 0.241 e. The average molecular weight is 224 g/mol. The highest BCUT2D eigenvalue weighted by atomic mass is 28.4. The van der Waals surface area contributed by atoms with Gasteiger partial charge in [0.05, 0.1) is 6.26 Å². The van der Waals surface area contributed by atoms with Crippen molar-refractivity contribution in [2.45, 2.75) is 51.7 Å². The number of hydrogen-bond donors (Lipinski definition) is 0. The fourth-order valence-corrected chi connectivity index (χ4v) is 2.48. The molecule has 1 aliphatic rings. The number of hydrogen-bond acceptors (Lipinski definition) is 1. The minimum Gasteiger partial charge on any atom is -0.549 e. The third-order valence-corrected chi connectivity index (χ3v) is 3.69. The van der Waals surface area contributed by atoms with Gasteiger partial charge in [-0.1, -0.05) is 31.9 Å². The van der Waals surface area contributed by atoms with Crippen LogP contribution >= 0.6 is 0 Å². The minimum absolute atomic E-state index is 0.701. The van der Waals surface area contributed by atoms with Gasteiger partial charge in [-0.15, -0.1) is 0 Å². The van der Waals surface area contributed by atoms with Crippen molar-refractivity contribution in [2.75, 3.05) is 0 Å². The predicted molar refractivity (Wildman–Crippen MR) is 69.3 cm³/mol. The third-order valence-electron chi connectivity index (χ3n) is 2.86. The summed E-state index contributed by atoms with van der Waals surface area (Å²) in [5, 5.41) is 0. The van der Waals surface area contributed by atoms with Crippen LogP contribution in [0.25, 0.3) is 0 Å². The summed E-state index contributed by atoms with van der Waals surface area (Å²) >= 11 is 0. The molecule has 0 spiro atoms. The van der Waals surface area contributed by atoms with Crippen LogP contribution in [0.15, 0.2) is 24.5 Å². The fraction of sp³-hybridized carbons (Fsp3) is 0.692. The number of rotatable bonds is 4. The molecule has 0 saturated heterocycles. The topological polar surface area (TPSA) is 9.23 Å². The first kappa shape index (κ1) is 12.6. The van der Waals surface area contributed by atoms with E-state index >= 15 is 0 Å². The monoisotopic (exact) mass is 224 g/mol. The van der Waals surface area contributed by atoms with Crippen LogP contribution in [0.4, 0.5) is 0 Å². The van der Waals surface area contributed by atoms with Crippen molar-refractivity contribution in [3.8, 4) is 0 Å². The van der Waals surface area contributed by atoms with Gasteiger partial charge >= 0.3 is 0 Å². The molecule has 86 valence electrons. The first-order valence-electron chi connectivity index (χ1n) is 6.03. The van der Waals surface area contributed by atoms with Crippen LogP contribution in [0.2, 0.25) is 19.6 Å². The molecule has 0 radical (unpaired) electrons. The van der Waals surface area contributed by atoms with E-state index < -0.39 is 8.32 Å². The molecular weight excluding hydrogens is 200 g/mol. The lowest BCUT2D eigenvalue weighted by atomic mass is 9.84. The van der Waals surface area contributed by atoms with Crippen LogP contribution in [-0.4, -0.2) is 8.32 Å². The normalized spacial score (nSPS) is 20.1. The summed E-state index contributed by atoms with van der Waals surface area (Å²) in [6.07, 6.45) is 10.7. The van der Waals surface area contributed by atoms with Gasteiger partial charge in [-0.2, -0.15) is 0 Å². The first-order chi connectivity index (χ1) is 7.03. The van der Waals surface area contributed by atoms with Crippen molar-refractivity contribution in [3.05, 3.63) is 24.5 Å². The molecule has 1 saturated carbocycles. The van der Waals surface area contributed by atoms with E-state index in [2.05, 4.69) is 26.2 Å². The quantitative estimate of drug-likeness (QED) is 0.388. The molecule has 1 rings (SSSR count). The molecule has 15 heavy (non-hydrogen) atoms. The van der Waals surface area contributed by atoms with Crippen molar-refractivity contribution in [2.24, 2.45) is 5.92 Å². The van der Waals surface area contributed by atoms with Gasteiger partial charge in [-0.3, -0.25) is 0 Å². The molecule has 0 aromatic heterocycles. The van der Waals surface area contributed by atoms with E-state index in [1.165, 1.54) is 37.7 Å². The van der Waals surface area contributed by atoms with E-state index in [1.807, 2.05) is 12.3 Å². The van der Waals surface area contributed by atoms with E-state index in [0.717, 1.165) is 0 Å². The predicted octanol–water partition coefficient (Wildman–Crippen LogP) is 4.49.